The van der Waals surface area contributed by atoms with E-state index >= 15 is 0 Å². The normalized spacial score (nSPS) is 21.8. The smallest absolute Gasteiger partial charge is 0.224 e. The van der Waals surface area contributed by atoms with Gasteiger partial charge >= 0.3 is 0 Å². The monoisotopic (exact) mass is 333 g/mol. The van der Waals surface area contributed by atoms with Crippen molar-refractivity contribution in [3.63, 3.8) is 0 Å². The second kappa shape index (κ2) is 8.39. The average molecular weight is 333 g/mol. The summed E-state index contributed by atoms with van der Waals surface area (Å²) in [5.41, 5.74) is 0.937. The molecule has 2 fully saturated rings. The molecule has 1 aromatic rings. The van der Waals surface area contributed by atoms with Crippen LogP contribution in [-0.2, 0) is 9.53 Å². The molecule has 0 saturated carbocycles. The van der Waals surface area contributed by atoms with E-state index in [1.807, 2.05) is 24.0 Å². The number of hydrogen-bond donors (Lipinski definition) is 1. The fourth-order valence-corrected chi connectivity index (χ4v) is 3.27. The van der Waals surface area contributed by atoms with Crippen molar-refractivity contribution in [2.75, 3.05) is 50.8 Å². The number of nitrogens with zero attached hydrogens (tertiary/aromatic N) is 4. The van der Waals surface area contributed by atoms with Gasteiger partial charge in [-0.25, -0.2) is 0 Å². The Hall–Kier alpha value is -1.73. The maximum atomic E-state index is 12.2. The summed E-state index contributed by atoms with van der Waals surface area (Å²) in [6.45, 7) is 7.39. The first-order valence-corrected chi connectivity index (χ1v) is 8.86. The van der Waals surface area contributed by atoms with E-state index in [1.165, 1.54) is 0 Å². The number of rotatable bonds is 5. The van der Waals surface area contributed by atoms with E-state index in [9.17, 15) is 4.79 Å². The molecule has 24 heavy (non-hydrogen) atoms. The molecule has 2 aliphatic rings. The fraction of sp³-hybridized carbons (Fsp3) is 0.706. The van der Waals surface area contributed by atoms with Gasteiger partial charge < -0.3 is 19.9 Å². The Kier molecular flexibility index (Phi) is 5.98. The maximum absolute atomic E-state index is 12.2. The minimum Gasteiger partial charge on any atom is -0.378 e. The molecular weight excluding hydrogens is 306 g/mol. The van der Waals surface area contributed by atoms with Gasteiger partial charge in [-0.2, -0.15) is 5.10 Å². The van der Waals surface area contributed by atoms with Crippen molar-refractivity contribution in [2.24, 2.45) is 0 Å². The molecule has 0 unspecified atom stereocenters. The molecule has 1 atom stereocenters. The second-order valence-electron chi connectivity index (χ2n) is 6.52. The van der Waals surface area contributed by atoms with Gasteiger partial charge in [-0.3, -0.25) is 4.79 Å². The summed E-state index contributed by atoms with van der Waals surface area (Å²) >= 11 is 0. The second-order valence-corrected chi connectivity index (χ2v) is 6.52. The van der Waals surface area contributed by atoms with Crippen LogP contribution in [0.4, 0.5) is 5.82 Å². The zero-order valence-corrected chi connectivity index (χ0v) is 14.4. The Morgan fingerprint density at radius 1 is 1.29 bits per heavy atom. The van der Waals surface area contributed by atoms with Crippen LogP contribution in [-0.4, -0.2) is 73.0 Å². The molecule has 2 aliphatic heterocycles. The van der Waals surface area contributed by atoms with Gasteiger partial charge in [0, 0.05) is 45.2 Å². The van der Waals surface area contributed by atoms with E-state index in [1.54, 1.807) is 0 Å². The third-order valence-corrected chi connectivity index (χ3v) is 4.66. The molecule has 0 radical (unpaired) electrons. The lowest BCUT2D eigenvalue weighted by molar-refractivity contribution is -0.135. The summed E-state index contributed by atoms with van der Waals surface area (Å²) < 4.78 is 5.28. The standard InChI is InChI=1S/C17H27N5O2/c1-14-4-5-16(20-19-14)22-8-2-3-15(13-22)18-7-6-17(23)21-9-11-24-12-10-21/h4-5,15,18H,2-3,6-13H2,1H3/t15-/m1/s1. The Labute approximate surface area is 143 Å². The third-order valence-electron chi connectivity index (χ3n) is 4.66. The number of aromatic nitrogens is 2. The highest BCUT2D eigenvalue weighted by Crippen LogP contribution is 2.17. The summed E-state index contributed by atoms with van der Waals surface area (Å²) in [5, 5.41) is 12.0. The van der Waals surface area contributed by atoms with Crippen molar-refractivity contribution < 1.29 is 9.53 Å². The van der Waals surface area contributed by atoms with Crippen molar-refractivity contribution >= 4 is 11.7 Å². The SMILES string of the molecule is Cc1ccc(N2CCC[C@@H](NCCC(=O)N3CCOCC3)C2)nn1. The van der Waals surface area contributed by atoms with Gasteiger partial charge in [-0.05, 0) is 31.9 Å². The predicted molar refractivity (Wildman–Crippen MR) is 92.0 cm³/mol. The van der Waals surface area contributed by atoms with Crippen LogP contribution in [0, 0.1) is 6.92 Å². The molecule has 3 rings (SSSR count). The highest BCUT2D eigenvalue weighted by Gasteiger charge is 2.22. The first kappa shape index (κ1) is 17.1. The molecule has 3 heterocycles. The third kappa shape index (κ3) is 4.64. The van der Waals surface area contributed by atoms with Crippen LogP contribution >= 0.6 is 0 Å². The highest BCUT2D eigenvalue weighted by molar-refractivity contribution is 5.76. The Balaban J connectivity index is 1.42. The number of morpholine rings is 1. The molecule has 0 aliphatic carbocycles. The van der Waals surface area contributed by atoms with Crippen LogP contribution in [0.3, 0.4) is 0 Å². The number of nitrogens with one attached hydrogen (secondary N) is 1. The van der Waals surface area contributed by atoms with Crippen molar-refractivity contribution in [1.82, 2.24) is 20.4 Å². The van der Waals surface area contributed by atoms with E-state index in [0.29, 0.717) is 25.7 Å². The Morgan fingerprint density at radius 2 is 2.12 bits per heavy atom. The minimum atomic E-state index is 0.225. The molecular formula is C17H27N5O2. The van der Waals surface area contributed by atoms with Crippen LogP contribution in [0.2, 0.25) is 0 Å². The molecule has 0 bridgehead atoms. The van der Waals surface area contributed by atoms with Gasteiger partial charge in [0.1, 0.15) is 0 Å². The van der Waals surface area contributed by atoms with Gasteiger partial charge in [-0.1, -0.05) is 0 Å². The van der Waals surface area contributed by atoms with Crippen molar-refractivity contribution in [3.05, 3.63) is 17.8 Å². The van der Waals surface area contributed by atoms with Crippen molar-refractivity contribution in [1.29, 1.82) is 0 Å². The lowest BCUT2D eigenvalue weighted by Crippen LogP contribution is -2.47. The quantitative estimate of drug-likeness (QED) is 0.851. The molecule has 1 amide bonds. The lowest BCUT2D eigenvalue weighted by atomic mass is 10.1. The van der Waals surface area contributed by atoms with E-state index in [4.69, 9.17) is 4.74 Å². The molecule has 7 heteroatoms. The van der Waals surface area contributed by atoms with E-state index in [-0.39, 0.29) is 5.91 Å². The average Bonchev–Trinajstić information content (AvgIpc) is 2.63. The number of carbonyl (C=O) groups is 1. The van der Waals surface area contributed by atoms with Crippen LogP contribution in [0.1, 0.15) is 25.0 Å². The summed E-state index contributed by atoms with van der Waals surface area (Å²) in [4.78, 5) is 16.3. The number of amides is 1. The predicted octanol–water partition coefficient (Wildman–Crippen LogP) is 0.592. The molecule has 0 spiro atoms. The van der Waals surface area contributed by atoms with Crippen LogP contribution in [0.25, 0.3) is 0 Å². The van der Waals surface area contributed by atoms with Gasteiger partial charge in [0.2, 0.25) is 5.91 Å². The zero-order chi connectivity index (χ0) is 16.8. The summed E-state index contributed by atoms with van der Waals surface area (Å²) in [5.74, 6) is 1.17. The summed E-state index contributed by atoms with van der Waals surface area (Å²) in [6, 6.07) is 4.44. The number of carbonyl (C=O) groups excluding carboxylic acids is 1. The van der Waals surface area contributed by atoms with Crippen LogP contribution < -0.4 is 10.2 Å². The van der Waals surface area contributed by atoms with Gasteiger partial charge in [0.05, 0.1) is 18.9 Å². The van der Waals surface area contributed by atoms with Gasteiger partial charge in [0.25, 0.3) is 0 Å². The Morgan fingerprint density at radius 3 is 2.88 bits per heavy atom. The molecule has 0 aromatic carbocycles. The number of piperidine rings is 1. The Bertz CT molecular complexity index is 530. The summed E-state index contributed by atoms with van der Waals surface area (Å²) in [7, 11) is 0. The largest absolute Gasteiger partial charge is 0.378 e. The lowest BCUT2D eigenvalue weighted by Gasteiger charge is -2.34. The summed E-state index contributed by atoms with van der Waals surface area (Å²) in [6.07, 6.45) is 2.83. The van der Waals surface area contributed by atoms with E-state index in [0.717, 1.165) is 57.1 Å². The molecule has 1 aromatic heterocycles. The topological polar surface area (TPSA) is 70.6 Å². The number of anilines is 1. The number of ether oxygens (including phenoxy) is 1. The van der Waals surface area contributed by atoms with Crippen molar-refractivity contribution in [2.45, 2.75) is 32.2 Å². The first-order valence-electron chi connectivity index (χ1n) is 8.86. The maximum Gasteiger partial charge on any atom is 0.224 e. The van der Waals surface area contributed by atoms with Gasteiger partial charge in [-0.15, -0.1) is 5.10 Å². The zero-order valence-electron chi connectivity index (χ0n) is 14.4. The first-order chi connectivity index (χ1) is 11.7. The highest BCUT2D eigenvalue weighted by atomic mass is 16.5. The van der Waals surface area contributed by atoms with Crippen LogP contribution in [0.5, 0.6) is 0 Å². The number of hydrogen-bond acceptors (Lipinski definition) is 6. The molecule has 132 valence electrons. The van der Waals surface area contributed by atoms with Crippen LogP contribution in [0.15, 0.2) is 12.1 Å². The molecule has 2 saturated heterocycles. The van der Waals surface area contributed by atoms with Crippen molar-refractivity contribution in [3.8, 4) is 0 Å². The van der Waals surface area contributed by atoms with E-state index in [2.05, 4.69) is 20.4 Å². The number of aryl methyl sites for hydroxylation is 1. The molecule has 7 nitrogen and oxygen atoms in total. The molecule has 1 N–H and O–H groups in total. The minimum absolute atomic E-state index is 0.225. The van der Waals surface area contributed by atoms with Gasteiger partial charge in [0.15, 0.2) is 5.82 Å². The van der Waals surface area contributed by atoms with E-state index < -0.39 is 0 Å². The fourth-order valence-electron chi connectivity index (χ4n) is 3.27.